The van der Waals surface area contributed by atoms with Crippen molar-refractivity contribution in [2.24, 2.45) is 0 Å². The van der Waals surface area contributed by atoms with Crippen LogP contribution in [0.1, 0.15) is 18.4 Å². The molecular formula is C18H17F3N4O. The van der Waals surface area contributed by atoms with Gasteiger partial charge in [0.15, 0.2) is 5.65 Å². The summed E-state index contributed by atoms with van der Waals surface area (Å²) in [6.45, 7) is 1.39. The first-order valence-corrected chi connectivity index (χ1v) is 8.37. The molecule has 26 heavy (non-hydrogen) atoms. The number of aliphatic hydroxyl groups excluding tert-OH is 1. The molecule has 3 aromatic rings. The lowest BCUT2D eigenvalue weighted by Gasteiger charge is -2.31. The molecule has 8 heteroatoms. The van der Waals surface area contributed by atoms with E-state index in [2.05, 4.69) is 15.0 Å². The molecule has 1 aromatic carbocycles. The van der Waals surface area contributed by atoms with E-state index in [4.69, 9.17) is 0 Å². The van der Waals surface area contributed by atoms with Gasteiger partial charge in [-0.3, -0.25) is 0 Å². The fourth-order valence-electron chi connectivity index (χ4n) is 3.28. The monoisotopic (exact) mass is 362 g/mol. The summed E-state index contributed by atoms with van der Waals surface area (Å²) in [4.78, 5) is 6.42. The maximum absolute atomic E-state index is 13.0. The lowest BCUT2D eigenvalue weighted by molar-refractivity contribution is -0.137. The van der Waals surface area contributed by atoms with Crippen LogP contribution in [0, 0.1) is 0 Å². The number of aromatic nitrogens is 3. The minimum Gasteiger partial charge on any atom is -0.393 e. The van der Waals surface area contributed by atoms with E-state index in [1.54, 1.807) is 23.0 Å². The van der Waals surface area contributed by atoms with E-state index in [-0.39, 0.29) is 6.10 Å². The highest BCUT2D eigenvalue weighted by Crippen LogP contribution is 2.33. The van der Waals surface area contributed by atoms with Gasteiger partial charge in [-0.15, -0.1) is 0 Å². The molecule has 0 unspecified atom stereocenters. The second kappa shape index (κ2) is 6.28. The molecule has 0 bridgehead atoms. The van der Waals surface area contributed by atoms with E-state index in [0.717, 1.165) is 18.0 Å². The first kappa shape index (κ1) is 16.8. The minimum atomic E-state index is -4.40. The molecule has 1 aliphatic heterocycles. The van der Waals surface area contributed by atoms with Gasteiger partial charge in [-0.2, -0.15) is 22.8 Å². The van der Waals surface area contributed by atoms with Crippen LogP contribution in [0.5, 0.6) is 0 Å². The smallest absolute Gasteiger partial charge is 0.393 e. The molecule has 1 N–H and O–H groups in total. The van der Waals surface area contributed by atoms with Crippen molar-refractivity contribution >= 4 is 11.5 Å². The molecular weight excluding hydrogens is 345 g/mol. The van der Waals surface area contributed by atoms with E-state index >= 15 is 0 Å². The second-order valence-electron chi connectivity index (χ2n) is 6.39. The van der Waals surface area contributed by atoms with Crippen LogP contribution in [-0.2, 0) is 6.18 Å². The van der Waals surface area contributed by atoms with E-state index < -0.39 is 11.7 Å². The third kappa shape index (κ3) is 3.01. The van der Waals surface area contributed by atoms with Gasteiger partial charge in [0, 0.05) is 24.8 Å². The van der Waals surface area contributed by atoms with Crippen LogP contribution >= 0.6 is 0 Å². The molecule has 0 atom stereocenters. The first-order chi connectivity index (χ1) is 12.4. The van der Waals surface area contributed by atoms with Gasteiger partial charge in [0.2, 0.25) is 0 Å². The average molecular weight is 362 g/mol. The van der Waals surface area contributed by atoms with Gasteiger partial charge in [0.1, 0.15) is 5.82 Å². The largest absolute Gasteiger partial charge is 0.416 e. The van der Waals surface area contributed by atoms with E-state index in [1.807, 2.05) is 6.07 Å². The van der Waals surface area contributed by atoms with Crippen LogP contribution in [-0.4, -0.2) is 38.9 Å². The molecule has 4 rings (SSSR count). The molecule has 0 amide bonds. The number of rotatable bonds is 2. The highest BCUT2D eigenvalue weighted by Gasteiger charge is 2.30. The number of piperidine rings is 1. The van der Waals surface area contributed by atoms with Crippen LogP contribution in [0.15, 0.2) is 42.7 Å². The molecule has 0 radical (unpaired) electrons. The minimum absolute atomic E-state index is 0.290. The quantitative estimate of drug-likeness (QED) is 0.759. The van der Waals surface area contributed by atoms with Gasteiger partial charge >= 0.3 is 6.18 Å². The Kier molecular flexibility index (Phi) is 4.07. The molecule has 5 nitrogen and oxygen atoms in total. The normalized spacial score (nSPS) is 16.4. The summed E-state index contributed by atoms with van der Waals surface area (Å²) in [5.74, 6) is 0.820. The number of anilines is 1. The van der Waals surface area contributed by atoms with Gasteiger partial charge < -0.3 is 10.0 Å². The third-order valence-corrected chi connectivity index (χ3v) is 4.67. The average Bonchev–Trinajstić information content (AvgIpc) is 3.06. The van der Waals surface area contributed by atoms with Crippen molar-refractivity contribution < 1.29 is 18.3 Å². The molecule has 1 fully saturated rings. The number of aliphatic hydroxyl groups is 1. The Bertz CT molecular complexity index is 930. The zero-order valence-electron chi connectivity index (χ0n) is 13.8. The molecule has 0 saturated carbocycles. The van der Waals surface area contributed by atoms with Crippen molar-refractivity contribution in [3.63, 3.8) is 0 Å². The molecule has 2 aromatic heterocycles. The zero-order valence-corrected chi connectivity index (χ0v) is 13.8. The topological polar surface area (TPSA) is 53.7 Å². The molecule has 0 aliphatic carbocycles. The van der Waals surface area contributed by atoms with E-state index in [9.17, 15) is 18.3 Å². The lowest BCUT2D eigenvalue weighted by Crippen LogP contribution is -2.36. The number of halogens is 3. The van der Waals surface area contributed by atoms with Crippen molar-refractivity contribution in [3.8, 4) is 11.1 Å². The summed E-state index contributed by atoms with van der Waals surface area (Å²) in [6.07, 6.45) is -0.167. The summed E-state index contributed by atoms with van der Waals surface area (Å²) >= 11 is 0. The summed E-state index contributed by atoms with van der Waals surface area (Å²) in [5.41, 5.74) is 0.784. The Morgan fingerprint density at radius 2 is 1.88 bits per heavy atom. The van der Waals surface area contributed by atoms with Crippen molar-refractivity contribution in [1.29, 1.82) is 0 Å². The van der Waals surface area contributed by atoms with Crippen LogP contribution in [0.25, 0.3) is 16.8 Å². The van der Waals surface area contributed by atoms with Gasteiger partial charge in [-0.05, 0) is 36.6 Å². The predicted octanol–water partition coefficient (Wildman–Crippen LogP) is 3.38. The third-order valence-electron chi connectivity index (χ3n) is 4.67. The summed E-state index contributed by atoms with van der Waals surface area (Å²) in [5, 5.41) is 14.0. The fraction of sp³-hybridized carbons (Fsp3) is 0.333. The Labute approximate surface area is 147 Å². The number of fused-ring (bicyclic) bond motifs is 1. The lowest BCUT2D eigenvalue weighted by atomic mass is 10.1. The Morgan fingerprint density at radius 3 is 2.62 bits per heavy atom. The van der Waals surface area contributed by atoms with Gasteiger partial charge in [0.25, 0.3) is 0 Å². The maximum atomic E-state index is 13.0. The number of hydrogen-bond acceptors (Lipinski definition) is 4. The molecule has 1 saturated heterocycles. The van der Waals surface area contributed by atoms with Crippen molar-refractivity contribution in [2.75, 3.05) is 18.0 Å². The van der Waals surface area contributed by atoms with Gasteiger partial charge in [-0.25, -0.2) is 4.98 Å². The van der Waals surface area contributed by atoms with Gasteiger partial charge in [0.05, 0.1) is 17.9 Å². The Balaban J connectivity index is 1.76. The predicted molar refractivity (Wildman–Crippen MR) is 90.9 cm³/mol. The van der Waals surface area contributed by atoms with Gasteiger partial charge in [-0.1, -0.05) is 12.1 Å². The van der Waals surface area contributed by atoms with Crippen LogP contribution < -0.4 is 4.90 Å². The summed E-state index contributed by atoms with van der Waals surface area (Å²) in [7, 11) is 0. The molecule has 3 heterocycles. The highest BCUT2D eigenvalue weighted by atomic mass is 19.4. The summed E-state index contributed by atoms with van der Waals surface area (Å²) < 4.78 is 40.6. The zero-order chi connectivity index (χ0) is 18.3. The SMILES string of the molecule is OC1CCN(c2ccnc3c(-c4cccc(C(F)(F)F)c4)cnn23)CC1. The fourth-order valence-corrected chi connectivity index (χ4v) is 3.28. The van der Waals surface area contributed by atoms with E-state index in [0.29, 0.717) is 42.7 Å². The Morgan fingerprint density at radius 1 is 1.12 bits per heavy atom. The molecule has 136 valence electrons. The van der Waals surface area contributed by atoms with Crippen molar-refractivity contribution in [2.45, 2.75) is 25.1 Å². The van der Waals surface area contributed by atoms with Crippen LogP contribution in [0.3, 0.4) is 0 Å². The summed E-state index contributed by atoms with van der Waals surface area (Å²) in [6, 6.07) is 7.00. The number of nitrogens with zero attached hydrogens (tertiary/aromatic N) is 4. The van der Waals surface area contributed by atoms with Crippen LogP contribution in [0.2, 0.25) is 0 Å². The number of benzene rings is 1. The van der Waals surface area contributed by atoms with Crippen molar-refractivity contribution in [3.05, 3.63) is 48.3 Å². The Hall–Kier alpha value is -2.61. The van der Waals surface area contributed by atoms with Crippen LogP contribution in [0.4, 0.5) is 19.0 Å². The first-order valence-electron chi connectivity index (χ1n) is 8.37. The standard InChI is InChI=1S/C18H17F3N4O/c19-18(20,21)13-3-1-2-12(10-13)15-11-23-25-16(4-7-22-17(15)25)24-8-5-14(26)6-9-24/h1-4,7,10-11,14,26H,5-6,8-9H2. The highest BCUT2D eigenvalue weighted by molar-refractivity contribution is 5.78. The number of hydrogen-bond donors (Lipinski definition) is 1. The number of alkyl halides is 3. The molecule has 1 aliphatic rings. The maximum Gasteiger partial charge on any atom is 0.416 e. The second-order valence-corrected chi connectivity index (χ2v) is 6.39. The van der Waals surface area contributed by atoms with Crippen molar-refractivity contribution in [1.82, 2.24) is 14.6 Å². The molecule has 0 spiro atoms. The van der Waals surface area contributed by atoms with E-state index in [1.165, 1.54) is 6.07 Å².